The highest BCUT2D eigenvalue weighted by molar-refractivity contribution is 6.35. The zero-order valence-electron chi connectivity index (χ0n) is 6.43. The Bertz CT molecular complexity index is 177. The van der Waals surface area contributed by atoms with E-state index in [-0.39, 0.29) is 0 Å². The van der Waals surface area contributed by atoms with Gasteiger partial charge < -0.3 is 20.1 Å². The second-order valence-corrected chi connectivity index (χ2v) is 2.05. The first-order valence-electron chi connectivity index (χ1n) is 3.13. The molecule has 0 aliphatic rings. The van der Waals surface area contributed by atoms with Crippen LogP contribution in [0, 0.1) is 0 Å². The highest BCUT2D eigenvalue weighted by atomic mass is 16.5. The van der Waals surface area contributed by atoms with Crippen molar-refractivity contribution in [1.29, 1.82) is 0 Å². The maximum absolute atomic E-state index is 10.7. The minimum Gasteiger partial charge on any atom is -0.463 e. The van der Waals surface area contributed by atoms with Crippen LogP contribution in [-0.2, 0) is 14.3 Å². The molecule has 0 saturated heterocycles. The van der Waals surface area contributed by atoms with Gasteiger partial charge in [0.25, 0.3) is 5.78 Å². The molecule has 2 unspecified atom stereocenters. The van der Waals surface area contributed by atoms with Crippen LogP contribution in [-0.4, -0.2) is 53.0 Å². The van der Waals surface area contributed by atoms with Gasteiger partial charge in [-0.2, -0.15) is 0 Å². The van der Waals surface area contributed by atoms with E-state index >= 15 is 0 Å². The zero-order valence-corrected chi connectivity index (χ0v) is 6.43. The highest BCUT2D eigenvalue weighted by Crippen LogP contribution is 1.95. The van der Waals surface area contributed by atoms with Gasteiger partial charge in [-0.1, -0.05) is 0 Å². The number of hydrogen-bond acceptors (Lipinski definition) is 6. The van der Waals surface area contributed by atoms with E-state index in [2.05, 4.69) is 4.74 Å². The van der Waals surface area contributed by atoms with Crippen molar-refractivity contribution in [2.45, 2.75) is 12.2 Å². The minimum atomic E-state index is -1.93. The monoisotopic (exact) mass is 178 g/mol. The topological polar surface area (TPSA) is 104 Å². The molecule has 6 nitrogen and oxygen atoms in total. The number of Topliss-reactive ketones (excluding diaryl/α,β-unsaturated/α-hetero) is 1. The quantitative estimate of drug-likeness (QED) is 0.323. The molecular weight excluding hydrogens is 168 g/mol. The average molecular weight is 178 g/mol. The van der Waals surface area contributed by atoms with Crippen LogP contribution >= 0.6 is 0 Å². The second kappa shape index (κ2) is 4.81. The van der Waals surface area contributed by atoms with Gasteiger partial charge in [-0.05, 0) is 0 Å². The van der Waals surface area contributed by atoms with Crippen LogP contribution < -0.4 is 0 Å². The molecule has 0 fully saturated rings. The van der Waals surface area contributed by atoms with Crippen LogP contribution in [0.15, 0.2) is 0 Å². The first-order valence-corrected chi connectivity index (χ1v) is 3.13. The van der Waals surface area contributed by atoms with Gasteiger partial charge >= 0.3 is 5.97 Å². The molecular formula is C6H10O6. The zero-order chi connectivity index (χ0) is 9.72. The fourth-order valence-electron chi connectivity index (χ4n) is 0.496. The molecule has 0 aromatic carbocycles. The fourth-order valence-corrected chi connectivity index (χ4v) is 0.496. The van der Waals surface area contributed by atoms with Crippen LogP contribution in [0.3, 0.4) is 0 Å². The Morgan fingerprint density at radius 2 is 1.92 bits per heavy atom. The first-order chi connectivity index (χ1) is 5.54. The van der Waals surface area contributed by atoms with Crippen LogP contribution in [0.4, 0.5) is 0 Å². The predicted octanol–water partition coefficient (Wildman–Crippen LogP) is -2.56. The van der Waals surface area contributed by atoms with E-state index in [1.807, 2.05) is 0 Å². The number of ketones is 1. The molecule has 0 spiro atoms. The Balaban J connectivity index is 4.19. The number of carbonyl (C=O) groups excluding carboxylic acids is 2. The average Bonchev–Trinajstić information content (AvgIpc) is 2.12. The van der Waals surface area contributed by atoms with E-state index in [0.717, 1.165) is 7.11 Å². The van der Waals surface area contributed by atoms with Crippen molar-refractivity contribution >= 4 is 11.8 Å². The maximum atomic E-state index is 10.7. The van der Waals surface area contributed by atoms with Crippen molar-refractivity contribution in [3.8, 4) is 0 Å². The van der Waals surface area contributed by atoms with E-state index < -0.39 is 30.6 Å². The summed E-state index contributed by atoms with van der Waals surface area (Å²) in [6, 6.07) is 0. The lowest BCUT2D eigenvalue weighted by Crippen LogP contribution is -2.40. The summed E-state index contributed by atoms with van der Waals surface area (Å²) < 4.78 is 3.99. The molecule has 0 saturated carbocycles. The Morgan fingerprint density at radius 1 is 1.42 bits per heavy atom. The summed E-state index contributed by atoms with van der Waals surface area (Å²) in [5, 5.41) is 25.8. The molecule has 12 heavy (non-hydrogen) atoms. The van der Waals surface area contributed by atoms with Crippen molar-refractivity contribution in [2.75, 3.05) is 13.7 Å². The van der Waals surface area contributed by atoms with Crippen molar-refractivity contribution in [3.05, 3.63) is 0 Å². The highest BCUT2D eigenvalue weighted by Gasteiger charge is 2.29. The van der Waals surface area contributed by atoms with Crippen LogP contribution in [0.5, 0.6) is 0 Å². The van der Waals surface area contributed by atoms with Crippen molar-refractivity contribution < 1.29 is 29.6 Å². The van der Waals surface area contributed by atoms with E-state index in [0.29, 0.717) is 0 Å². The third-order valence-corrected chi connectivity index (χ3v) is 1.21. The molecule has 70 valence electrons. The number of rotatable bonds is 4. The van der Waals surface area contributed by atoms with Crippen molar-refractivity contribution in [3.63, 3.8) is 0 Å². The van der Waals surface area contributed by atoms with Crippen LogP contribution in [0.1, 0.15) is 0 Å². The SMILES string of the molecule is COC(=O)C(=O)C(O)C(O)CO. The van der Waals surface area contributed by atoms with Crippen LogP contribution in [0.2, 0.25) is 0 Å². The summed E-state index contributed by atoms with van der Waals surface area (Å²) in [5.74, 6) is -2.53. The summed E-state index contributed by atoms with van der Waals surface area (Å²) in [4.78, 5) is 21.1. The lowest BCUT2D eigenvalue weighted by Gasteiger charge is -2.11. The molecule has 0 heterocycles. The normalized spacial score (nSPS) is 15.0. The van der Waals surface area contributed by atoms with Gasteiger partial charge in [-0.15, -0.1) is 0 Å². The molecule has 0 amide bonds. The van der Waals surface area contributed by atoms with Gasteiger partial charge in [0.15, 0.2) is 6.10 Å². The molecule has 0 radical (unpaired) electrons. The van der Waals surface area contributed by atoms with Gasteiger partial charge in [0, 0.05) is 0 Å². The molecule has 3 N–H and O–H groups in total. The Labute approximate surface area is 68.4 Å². The van der Waals surface area contributed by atoms with Gasteiger partial charge in [0.2, 0.25) is 0 Å². The number of carbonyl (C=O) groups is 2. The molecule has 6 heteroatoms. The summed E-state index contributed by atoms with van der Waals surface area (Å²) in [7, 11) is 0.971. The fraction of sp³-hybridized carbons (Fsp3) is 0.667. The Kier molecular flexibility index (Phi) is 4.42. The lowest BCUT2D eigenvalue weighted by molar-refractivity contribution is -0.159. The molecule has 0 aromatic rings. The van der Waals surface area contributed by atoms with Crippen LogP contribution in [0.25, 0.3) is 0 Å². The summed E-state index contributed by atoms with van der Waals surface area (Å²) in [5.41, 5.74) is 0. The predicted molar refractivity (Wildman–Crippen MR) is 36.1 cm³/mol. The summed E-state index contributed by atoms with van der Waals surface area (Å²) in [6.45, 7) is -0.802. The van der Waals surface area contributed by atoms with Gasteiger partial charge in [-0.3, -0.25) is 4.79 Å². The number of methoxy groups -OCH3 is 1. The first kappa shape index (κ1) is 11.0. The Morgan fingerprint density at radius 3 is 2.25 bits per heavy atom. The third kappa shape index (κ3) is 2.57. The molecule has 0 aromatic heterocycles. The largest absolute Gasteiger partial charge is 0.463 e. The van der Waals surface area contributed by atoms with Gasteiger partial charge in [0.1, 0.15) is 6.10 Å². The van der Waals surface area contributed by atoms with Crippen molar-refractivity contribution in [2.24, 2.45) is 0 Å². The summed E-state index contributed by atoms with van der Waals surface area (Å²) >= 11 is 0. The number of hydrogen-bond donors (Lipinski definition) is 3. The van der Waals surface area contributed by atoms with E-state index in [4.69, 9.17) is 15.3 Å². The third-order valence-electron chi connectivity index (χ3n) is 1.21. The van der Waals surface area contributed by atoms with E-state index in [9.17, 15) is 9.59 Å². The number of aliphatic hydroxyl groups excluding tert-OH is 3. The van der Waals surface area contributed by atoms with Crippen molar-refractivity contribution in [1.82, 2.24) is 0 Å². The minimum absolute atomic E-state index is 0.802. The molecule has 2 atom stereocenters. The number of ether oxygens (including phenoxy) is 1. The Hall–Kier alpha value is -0.980. The maximum Gasteiger partial charge on any atom is 0.377 e. The molecule has 0 aliphatic carbocycles. The van der Waals surface area contributed by atoms with E-state index in [1.165, 1.54) is 0 Å². The van der Waals surface area contributed by atoms with Gasteiger partial charge in [-0.25, -0.2) is 4.79 Å². The van der Waals surface area contributed by atoms with E-state index in [1.54, 1.807) is 0 Å². The molecule has 0 bridgehead atoms. The lowest BCUT2D eigenvalue weighted by atomic mass is 10.1. The molecule has 0 aliphatic heterocycles. The second-order valence-electron chi connectivity index (χ2n) is 2.05. The van der Waals surface area contributed by atoms with Gasteiger partial charge in [0.05, 0.1) is 13.7 Å². The molecule has 0 rings (SSSR count). The smallest absolute Gasteiger partial charge is 0.377 e. The standard InChI is InChI=1S/C6H10O6/c1-12-6(11)5(10)4(9)3(8)2-7/h3-4,7-9H,2H2,1H3. The summed E-state index contributed by atoms with van der Waals surface area (Å²) in [6.07, 6.45) is -3.58. The number of esters is 1. The number of aliphatic hydroxyl groups is 3.